The molecule has 11 heteroatoms. The van der Waals surface area contributed by atoms with Gasteiger partial charge >= 0.3 is 6.09 Å². The van der Waals surface area contributed by atoms with E-state index in [1.165, 1.54) is 6.07 Å². The Morgan fingerprint density at radius 1 is 1.18 bits per heavy atom. The van der Waals surface area contributed by atoms with Gasteiger partial charge in [0.15, 0.2) is 0 Å². The molecule has 0 spiro atoms. The molecule has 0 bridgehead atoms. The number of nitrogens with zero attached hydrogens (tertiary/aromatic N) is 2. The number of carbonyl (C=O) groups excluding carboxylic acids is 3. The largest absolute Gasteiger partial charge is 0.444 e. The first-order valence-electron chi connectivity index (χ1n) is 13.5. The summed E-state index contributed by atoms with van der Waals surface area (Å²) in [6.07, 6.45) is 2.56. The Balaban J connectivity index is 1.43. The molecule has 3 N–H and O–H groups in total. The van der Waals surface area contributed by atoms with E-state index in [2.05, 4.69) is 20.6 Å². The maximum atomic E-state index is 13.4. The van der Waals surface area contributed by atoms with Crippen molar-refractivity contribution in [3.05, 3.63) is 63.4 Å². The van der Waals surface area contributed by atoms with Gasteiger partial charge in [-0.2, -0.15) is 0 Å². The van der Waals surface area contributed by atoms with Crippen LogP contribution in [0.5, 0.6) is 0 Å². The Hall–Kier alpha value is -3.30. The summed E-state index contributed by atoms with van der Waals surface area (Å²) in [5.74, 6) is 0.0825. The van der Waals surface area contributed by atoms with Crippen LogP contribution in [-0.2, 0) is 4.74 Å². The first-order chi connectivity index (χ1) is 18.9. The van der Waals surface area contributed by atoms with E-state index in [0.29, 0.717) is 34.9 Å². The number of aromatic amines is 1. The van der Waals surface area contributed by atoms with Crippen molar-refractivity contribution in [3.8, 4) is 0 Å². The predicted molar refractivity (Wildman–Crippen MR) is 156 cm³/mol. The minimum Gasteiger partial charge on any atom is -0.444 e. The van der Waals surface area contributed by atoms with Crippen LogP contribution in [0, 0.1) is 0 Å². The molecule has 3 aromatic rings. The van der Waals surface area contributed by atoms with E-state index < -0.39 is 11.7 Å². The highest BCUT2D eigenvalue weighted by Crippen LogP contribution is 2.26. The number of fused-ring (bicyclic) bond motifs is 1. The number of aromatic nitrogens is 2. The van der Waals surface area contributed by atoms with Gasteiger partial charge < -0.3 is 25.3 Å². The van der Waals surface area contributed by atoms with E-state index in [4.69, 9.17) is 27.9 Å². The van der Waals surface area contributed by atoms with Crippen molar-refractivity contribution < 1.29 is 19.1 Å². The van der Waals surface area contributed by atoms with E-state index >= 15 is 0 Å². The van der Waals surface area contributed by atoms with Crippen LogP contribution in [0.15, 0.2) is 36.4 Å². The van der Waals surface area contributed by atoms with Gasteiger partial charge in [0.2, 0.25) is 0 Å². The van der Waals surface area contributed by atoms with Crippen molar-refractivity contribution in [3.63, 3.8) is 0 Å². The summed E-state index contributed by atoms with van der Waals surface area (Å²) in [6.45, 7) is 8.25. The molecule has 1 aliphatic heterocycles. The first kappa shape index (κ1) is 29.7. The number of nitrogens with one attached hydrogen (secondary N) is 3. The van der Waals surface area contributed by atoms with E-state index in [9.17, 15) is 14.4 Å². The molecule has 1 aliphatic rings. The highest BCUT2D eigenvalue weighted by molar-refractivity contribution is 6.34. The average Bonchev–Trinajstić information content (AvgIpc) is 3.52. The molecule has 214 valence electrons. The van der Waals surface area contributed by atoms with Gasteiger partial charge in [-0.1, -0.05) is 36.5 Å². The number of rotatable bonds is 8. The van der Waals surface area contributed by atoms with Gasteiger partial charge in [-0.3, -0.25) is 9.59 Å². The zero-order valence-corrected chi connectivity index (χ0v) is 24.7. The molecule has 2 atom stereocenters. The van der Waals surface area contributed by atoms with Gasteiger partial charge in [-0.15, -0.1) is 0 Å². The fourth-order valence-electron chi connectivity index (χ4n) is 4.79. The number of halogens is 2. The highest BCUT2D eigenvalue weighted by Gasteiger charge is 2.31. The van der Waals surface area contributed by atoms with Crippen molar-refractivity contribution >= 4 is 52.1 Å². The topological polar surface area (TPSA) is 116 Å². The fourth-order valence-corrected chi connectivity index (χ4v) is 5.22. The number of ether oxygens (including phenoxy) is 1. The minimum absolute atomic E-state index is 0.174. The van der Waals surface area contributed by atoms with Crippen LogP contribution in [0.3, 0.4) is 0 Å². The maximum absolute atomic E-state index is 13.4. The average molecular weight is 589 g/mol. The molecule has 1 saturated heterocycles. The summed E-state index contributed by atoms with van der Waals surface area (Å²) < 4.78 is 5.30. The third kappa shape index (κ3) is 7.26. The molecule has 0 radical (unpaired) electrons. The number of H-pyrrole nitrogens is 1. The second-order valence-corrected chi connectivity index (χ2v) is 11.8. The molecular weight excluding hydrogens is 553 g/mol. The zero-order valence-electron chi connectivity index (χ0n) is 23.1. The minimum atomic E-state index is -0.603. The lowest BCUT2D eigenvalue weighted by molar-refractivity contribution is 0.0501. The lowest BCUT2D eigenvalue weighted by Gasteiger charge is -2.26. The van der Waals surface area contributed by atoms with Crippen LogP contribution in [0.25, 0.3) is 11.0 Å². The summed E-state index contributed by atoms with van der Waals surface area (Å²) in [5.41, 5.74) is 1.61. The first-order valence-corrected chi connectivity index (χ1v) is 14.2. The molecular formula is C29H35Cl2N5O4. The quantitative estimate of drug-likeness (QED) is 0.287. The molecule has 40 heavy (non-hydrogen) atoms. The third-order valence-electron chi connectivity index (χ3n) is 6.66. The van der Waals surface area contributed by atoms with Gasteiger partial charge in [0.05, 0.1) is 27.7 Å². The van der Waals surface area contributed by atoms with Crippen molar-refractivity contribution in [2.75, 3.05) is 13.1 Å². The predicted octanol–water partition coefficient (Wildman–Crippen LogP) is 6.27. The second kappa shape index (κ2) is 12.5. The molecule has 9 nitrogen and oxygen atoms in total. The SMILES string of the molecule is CCC[C@H](NC(=O)c1ccc(C(=O)N2CCC[C@@H]2CNC(=O)OC(C)(C)C)c(Cl)c1)c1nc2ccc(Cl)cc2[nH]1. The smallest absolute Gasteiger partial charge is 0.407 e. The van der Waals surface area contributed by atoms with E-state index in [-0.39, 0.29) is 35.5 Å². The van der Waals surface area contributed by atoms with Gasteiger partial charge in [0, 0.05) is 29.7 Å². The molecule has 2 heterocycles. The second-order valence-electron chi connectivity index (χ2n) is 11.0. The molecule has 0 aliphatic carbocycles. The lowest BCUT2D eigenvalue weighted by atomic mass is 10.1. The van der Waals surface area contributed by atoms with Crippen molar-refractivity contribution in [1.82, 2.24) is 25.5 Å². The number of hydrogen-bond acceptors (Lipinski definition) is 5. The Labute approximate surface area is 243 Å². The number of imidazole rings is 1. The fraction of sp³-hybridized carbons (Fsp3) is 0.448. The standard InChI is InChI=1S/C29H35Cl2N5O4/c1-5-7-23(25-33-22-12-10-18(30)15-24(22)34-25)35-26(37)17-9-11-20(21(31)14-17)27(38)36-13-6-8-19(36)16-32-28(39)40-29(2,3)4/h9-12,14-15,19,23H,5-8,13,16H2,1-4H3,(H,32,39)(H,33,34)(H,35,37)/t19-,23+/m1/s1. The Morgan fingerprint density at radius 3 is 2.65 bits per heavy atom. The Morgan fingerprint density at radius 2 is 1.95 bits per heavy atom. The van der Waals surface area contributed by atoms with Crippen LogP contribution in [0.1, 0.15) is 86.0 Å². The van der Waals surface area contributed by atoms with Gasteiger partial charge in [-0.05, 0) is 76.4 Å². The number of hydrogen-bond donors (Lipinski definition) is 3. The third-order valence-corrected chi connectivity index (χ3v) is 7.20. The van der Waals surface area contributed by atoms with Crippen LogP contribution >= 0.6 is 23.2 Å². The van der Waals surface area contributed by atoms with Crippen LogP contribution < -0.4 is 10.6 Å². The molecule has 0 saturated carbocycles. The highest BCUT2D eigenvalue weighted by atomic mass is 35.5. The molecule has 4 rings (SSSR count). The van der Waals surface area contributed by atoms with E-state index in [1.807, 2.05) is 13.0 Å². The molecule has 0 unspecified atom stereocenters. The monoisotopic (exact) mass is 587 g/mol. The maximum Gasteiger partial charge on any atom is 0.407 e. The van der Waals surface area contributed by atoms with Gasteiger partial charge in [-0.25, -0.2) is 9.78 Å². The van der Waals surface area contributed by atoms with Crippen molar-refractivity contribution in [2.24, 2.45) is 0 Å². The Kier molecular flexibility index (Phi) is 9.26. The number of carbonyl (C=O) groups is 3. The normalized spacial score (nSPS) is 16.1. The van der Waals surface area contributed by atoms with Crippen molar-refractivity contribution in [1.29, 1.82) is 0 Å². The summed E-state index contributed by atoms with van der Waals surface area (Å²) in [4.78, 5) is 48.2. The molecule has 1 fully saturated rings. The zero-order chi connectivity index (χ0) is 29.0. The molecule has 1 aromatic heterocycles. The molecule has 2 aromatic carbocycles. The number of amides is 3. The number of benzene rings is 2. The molecule has 3 amide bonds. The van der Waals surface area contributed by atoms with E-state index in [0.717, 1.165) is 30.3 Å². The number of likely N-dealkylation sites (tertiary alicyclic amines) is 1. The summed E-state index contributed by atoms with van der Waals surface area (Å²) in [7, 11) is 0. The van der Waals surface area contributed by atoms with Crippen LogP contribution in [0.4, 0.5) is 4.79 Å². The Bertz CT molecular complexity index is 1400. The lowest BCUT2D eigenvalue weighted by Crippen LogP contribution is -2.44. The number of alkyl carbamates (subject to hydrolysis) is 1. The van der Waals surface area contributed by atoms with Crippen molar-refractivity contribution in [2.45, 2.75) is 71.1 Å². The summed E-state index contributed by atoms with van der Waals surface area (Å²) in [6, 6.07) is 9.57. The van der Waals surface area contributed by atoms with E-state index in [1.54, 1.807) is 49.9 Å². The summed E-state index contributed by atoms with van der Waals surface area (Å²) >= 11 is 12.6. The van der Waals surface area contributed by atoms with Crippen LogP contribution in [0.2, 0.25) is 10.0 Å². The van der Waals surface area contributed by atoms with Crippen LogP contribution in [-0.4, -0.2) is 57.5 Å². The summed E-state index contributed by atoms with van der Waals surface area (Å²) in [5, 5.41) is 6.58. The van der Waals surface area contributed by atoms with Gasteiger partial charge in [0.25, 0.3) is 11.8 Å². The van der Waals surface area contributed by atoms with Gasteiger partial charge in [0.1, 0.15) is 11.4 Å².